The van der Waals surface area contributed by atoms with Crippen LogP contribution in [0.5, 0.6) is 11.5 Å². The lowest BCUT2D eigenvalue weighted by molar-refractivity contribution is -0.185. The van der Waals surface area contributed by atoms with Crippen molar-refractivity contribution in [2.45, 2.75) is 48.8 Å². The molecule has 2 fully saturated rings. The van der Waals surface area contributed by atoms with Crippen LogP contribution in [0.3, 0.4) is 0 Å². The van der Waals surface area contributed by atoms with Crippen molar-refractivity contribution in [3.8, 4) is 11.5 Å². The third kappa shape index (κ3) is 2.05. The van der Waals surface area contributed by atoms with E-state index < -0.39 is 23.1 Å². The van der Waals surface area contributed by atoms with E-state index >= 15 is 0 Å². The van der Waals surface area contributed by atoms with Gasteiger partial charge >= 0.3 is 5.97 Å². The fourth-order valence-electron chi connectivity index (χ4n) is 6.34. The molecule has 1 saturated carbocycles. The number of carbonyl (C=O) groups is 2. The van der Waals surface area contributed by atoms with Crippen molar-refractivity contribution in [2.24, 2.45) is 0 Å². The quantitative estimate of drug-likeness (QED) is 0.610. The second-order valence-corrected chi connectivity index (χ2v) is 8.99. The number of benzene rings is 2. The Morgan fingerprint density at radius 2 is 2.00 bits per heavy atom. The van der Waals surface area contributed by atoms with Gasteiger partial charge in [0.05, 0.1) is 16.6 Å². The van der Waals surface area contributed by atoms with Crippen LogP contribution in [0.2, 0.25) is 0 Å². The minimum atomic E-state index is -1.03. The normalized spacial score (nSPS) is 33.6. The van der Waals surface area contributed by atoms with Crippen LogP contribution >= 0.6 is 0 Å². The number of likely N-dealkylation sites (N-methyl/N-ethyl adjacent to an activating group) is 1. The van der Waals surface area contributed by atoms with Gasteiger partial charge in [-0.2, -0.15) is 0 Å². The number of aliphatic hydroxyl groups is 1. The summed E-state index contributed by atoms with van der Waals surface area (Å²) in [6.07, 6.45) is 1.35. The van der Waals surface area contributed by atoms with Crippen LogP contribution in [-0.2, 0) is 16.6 Å². The molecule has 6 rings (SSSR count). The van der Waals surface area contributed by atoms with Gasteiger partial charge in [0.1, 0.15) is 0 Å². The zero-order chi connectivity index (χ0) is 20.7. The molecule has 2 heterocycles. The van der Waals surface area contributed by atoms with E-state index in [1.54, 1.807) is 30.3 Å². The van der Waals surface area contributed by atoms with E-state index in [-0.39, 0.29) is 11.8 Å². The minimum absolute atomic E-state index is 0.0207. The van der Waals surface area contributed by atoms with Gasteiger partial charge in [-0.05, 0) is 56.6 Å². The lowest BCUT2D eigenvalue weighted by atomic mass is 9.49. The number of ether oxygens (including phenoxy) is 2. The molecule has 1 unspecified atom stereocenters. The van der Waals surface area contributed by atoms with Gasteiger partial charge in [-0.25, -0.2) is 4.79 Å². The highest BCUT2D eigenvalue weighted by atomic mass is 16.6. The predicted molar refractivity (Wildman–Crippen MR) is 108 cm³/mol. The number of Topliss-reactive ketones (excluding diaryl/α,β-unsaturated/α-hetero) is 1. The van der Waals surface area contributed by atoms with Gasteiger partial charge in [0, 0.05) is 18.0 Å². The van der Waals surface area contributed by atoms with E-state index in [9.17, 15) is 14.7 Å². The Morgan fingerprint density at radius 1 is 1.20 bits per heavy atom. The number of ketones is 1. The molecule has 0 aromatic heterocycles. The Morgan fingerprint density at radius 3 is 2.80 bits per heavy atom. The second kappa shape index (κ2) is 5.93. The Balaban J connectivity index is 1.51. The molecule has 2 aliphatic carbocycles. The van der Waals surface area contributed by atoms with Gasteiger partial charge in [0.15, 0.2) is 23.4 Å². The lowest BCUT2D eigenvalue weighted by Gasteiger charge is -2.62. The maximum atomic E-state index is 12.9. The zero-order valence-corrected chi connectivity index (χ0v) is 16.8. The molecule has 2 bridgehead atoms. The van der Waals surface area contributed by atoms with Crippen LogP contribution in [0.1, 0.15) is 40.7 Å². The number of hydrogen-bond donors (Lipinski definition) is 1. The average molecular weight is 405 g/mol. The van der Waals surface area contributed by atoms with Gasteiger partial charge in [-0.1, -0.05) is 24.3 Å². The molecular formula is C24H23NO5. The molecule has 2 aromatic carbocycles. The van der Waals surface area contributed by atoms with Gasteiger partial charge in [-0.15, -0.1) is 0 Å². The Hall–Kier alpha value is -2.70. The molecule has 1 saturated heterocycles. The number of nitrogens with zero attached hydrogens (tertiary/aromatic N) is 1. The predicted octanol–water partition coefficient (Wildman–Crippen LogP) is 2.26. The Labute approximate surface area is 174 Å². The van der Waals surface area contributed by atoms with Gasteiger partial charge in [0.25, 0.3) is 0 Å². The topological polar surface area (TPSA) is 76.1 Å². The summed E-state index contributed by atoms with van der Waals surface area (Å²) in [5.74, 6) is 0.325. The van der Waals surface area contributed by atoms with Crippen molar-refractivity contribution >= 4 is 11.8 Å². The highest BCUT2D eigenvalue weighted by Gasteiger charge is 2.72. The summed E-state index contributed by atoms with van der Waals surface area (Å²) in [6.45, 7) is 0.785. The number of hydrogen-bond acceptors (Lipinski definition) is 6. The lowest BCUT2D eigenvalue weighted by Crippen LogP contribution is -2.76. The summed E-state index contributed by atoms with van der Waals surface area (Å²) >= 11 is 0. The summed E-state index contributed by atoms with van der Waals surface area (Å²) in [4.78, 5) is 27.8. The molecule has 0 radical (unpaired) electrons. The van der Waals surface area contributed by atoms with Crippen LogP contribution < -0.4 is 9.47 Å². The van der Waals surface area contributed by atoms with Crippen LogP contribution in [0.15, 0.2) is 42.5 Å². The molecule has 4 atom stereocenters. The number of piperidine rings is 1. The molecule has 154 valence electrons. The standard InChI is InChI=1S/C24H23NO5/c1-25-12-11-23-19-15-7-8-17(29-22(27)14-5-3-2-4-6-14)20(19)30-21(23)16(26)9-10-24(23,28)18(25)13-15/h2-8,18,21,28H,9-13H2,1H3/t18-,21?,23+,24-/m1/s1. The van der Waals surface area contributed by atoms with Crippen molar-refractivity contribution in [3.63, 3.8) is 0 Å². The third-order valence-corrected chi connectivity index (χ3v) is 7.72. The molecule has 1 N–H and O–H groups in total. The SMILES string of the molecule is CN1CC[C@]23c4c5ccc(OC(=O)c6ccccc6)c4OC2C(=O)CC[C@@]3(O)[C@H]1C5. The Bertz CT molecular complexity index is 1080. The third-order valence-electron chi connectivity index (χ3n) is 7.72. The number of carbonyl (C=O) groups excluding carboxylic acids is 2. The van der Waals surface area contributed by atoms with Crippen LogP contribution in [-0.4, -0.2) is 53.1 Å². The van der Waals surface area contributed by atoms with E-state index in [0.29, 0.717) is 42.7 Å². The summed E-state index contributed by atoms with van der Waals surface area (Å²) < 4.78 is 12.0. The van der Waals surface area contributed by atoms with E-state index in [2.05, 4.69) is 4.90 Å². The molecule has 6 heteroatoms. The van der Waals surface area contributed by atoms with Crippen LogP contribution in [0.4, 0.5) is 0 Å². The fourth-order valence-corrected chi connectivity index (χ4v) is 6.34. The monoisotopic (exact) mass is 405 g/mol. The van der Waals surface area contributed by atoms with Crippen molar-refractivity contribution in [1.82, 2.24) is 4.90 Å². The van der Waals surface area contributed by atoms with E-state index in [1.807, 2.05) is 19.2 Å². The fraction of sp³-hybridized carbons (Fsp3) is 0.417. The van der Waals surface area contributed by atoms with Gasteiger partial charge in [0.2, 0.25) is 0 Å². The number of likely N-dealkylation sites (tertiary alicyclic amines) is 1. The number of rotatable bonds is 2. The average Bonchev–Trinajstić information content (AvgIpc) is 3.11. The maximum Gasteiger partial charge on any atom is 0.343 e. The van der Waals surface area contributed by atoms with Gasteiger partial charge < -0.3 is 19.5 Å². The summed E-state index contributed by atoms with van der Waals surface area (Å²) in [7, 11) is 2.04. The van der Waals surface area contributed by atoms with Gasteiger partial charge in [-0.3, -0.25) is 4.79 Å². The molecule has 1 spiro atoms. The molecule has 4 aliphatic rings. The van der Waals surface area contributed by atoms with E-state index in [1.165, 1.54) is 0 Å². The highest BCUT2D eigenvalue weighted by molar-refractivity contribution is 5.93. The zero-order valence-electron chi connectivity index (χ0n) is 16.8. The molecule has 30 heavy (non-hydrogen) atoms. The van der Waals surface area contributed by atoms with Crippen molar-refractivity contribution < 1.29 is 24.2 Å². The number of esters is 1. The molecular weight excluding hydrogens is 382 g/mol. The first-order valence-electron chi connectivity index (χ1n) is 10.5. The van der Waals surface area contributed by atoms with Crippen molar-refractivity contribution in [2.75, 3.05) is 13.6 Å². The van der Waals surface area contributed by atoms with E-state index in [4.69, 9.17) is 9.47 Å². The Kier molecular flexibility index (Phi) is 3.58. The molecule has 2 aromatic rings. The molecule has 0 amide bonds. The van der Waals surface area contributed by atoms with Crippen molar-refractivity contribution in [1.29, 1.82) is 0 Å². The first-order chi connectivity index (χ1) is 14.5. The minimum Gasteiger partial charge on any atom is -0.477 e. The highest BCUT2D eigenvalue weighted by Crippen LogP contribution is 2.64. The first kappa shape index (κ1) is 18.1. The largest absolute Gasteiger partial charge is 0.477 e. The molecule has 6 nitrogen and oxygen atoms in total. The van der Waals surface area contributed by atoms with E-state index in [0.717, 1.165) is 17.7 Å². The summed E-state index contributed by atoms with van der Waals surface area (Å²) in [5.41, 5.74) is 0.604. The summed E-state index contributed by atoms with van der Waals surface area (Å²) in [6, 6.07) is 12.5. The second-order valence-electron chi connectivity index (χ2n) is 8.99. The molecule has 2 aliphatic heterocycles. The smallest absolute Gasteiger partial charge is 0.343 e. The van der Waals surface area contributed by atoms with Crippen LogP contribution in [0, 0.1) is 0 Å². The maximum absolute atomic E-state index is 12.9. The van der Waals surface area contributed by atoms with Crippen LogP contribution in [0.25, 0.3) is 0 Å². The summed E-state index contributed by atoms with van der Waals surface area (Å²) in [5, 5.41) is 12.0. The van der Waals surface area contributed by atoms with Crippen molar-refractivity contribution in [3.05, 3.63) is 59.2 Å². The first-order valence-corrected chi connectivity index (χ1v) is 10.5.